The zero-order valence-electron chi connectivity index (χ0n) is 11.9. The molecular weight excluding hydrogens is 266 g/mol. The summed E-state index contributed by atoms with van der Waals surface area (Å²) in [4.78, 5) is 11.3. The topological polar surface area (TPSA) is 86.5 Å². The molecule has 1 atom stereocenters. The first-order valence-electron chi connectivity index (χ1n) is 6.81. The van der Waals surface area contributed by atoms with E-state index in [-0.39, 0.29) is 35.4 Å². The van der Waals surface area contributed by atoms with Crippen LogP contribution in [0.4, 0.5) is 0 Å². The van der Waals surface area contributed by atoms with Gasteiger partial charge in [-0.15, -0.1) is 0 Å². The number of methoxy groups -OCH3 is 1. The van der Waals surface area contributed by atoms with E-state index < -0.39 is 9.84 Å². The second-order valence-corrected chi connectivity index (χ2v) is 8.00. The summed E-state index contributed by atoms with van der Waals surface area (Å²) in [6, 6.07) is 0.122. The van der Waals surface area contributed by atoms with E-state index in [0.29, 0.717) is 6.42 Å². The predicted molar refractivity (Wildman–Crippen MR) is 74.5 cm³/mol. The lowest BCUT2D eigenvalue weighted by molar-refractivity contribution is -0.141. The van der Waals surface area contributed by atoms with Gasteiger partial charge in [-0.1, -0.05) is 6.42 Å². The van der Waals surface area contributed by atoms with Gasteiger partial charge in [0.2, 0.25) is 0 Å². The molecular formula is C13H25NO4S. The SMILES string of the molecule is COC(=O)CC1(CS(=O)(=O)CCCCC(C)N)CC1. The van der Waals surface area contributed by atoms with Gasteiger partial charge in [-0.3, -0.25) is 4.79 Å². The van der Waals surface area contributed by atoms with Crippen molar-refractivity contribution in [2.45, 2.75) is 51.5 Å². The molecule has 0 spiro atoms. The third kappa shape index (κ3) is 6.38. The summed E-state index contributed by atoms with van der Waals surface area (Å²) < 4.78 is 28.7. The van der Waals surface area contributed by atoms with Gasteiger partial charge in [0.15, 0.2) is 9.84 Å². The zero-order valence-corrected chi connectivity index (χ0v) is 12.7. The molecule has 0 saturated heterocycles. The van der Waals surface area contributed by atoms with E-state index in [9.17, 15) is 13.2 Å². The van der Waals surface area contributed by atoms with Crippen molar-refractivity contribution in [3.8, 4) is 0 Å². The maximum absolute atomic E-state index is 12.0. The van der Waals surface area contributed by atoms with Crippen LogP contribution < -0.4 is 5.73 Å². The molecule has 0 amide bonds. The second-order valence-electron chi connectivity index (χ2n) is 5.82. The fraction of sp³-hybridized carbons (Fsp3) is 0.923. The van der Waals surface area contributed by atoms with E-state index in [1.54, 1.807) is 0 Å². The third-order valence-corrected chi connectivity index (χ3v) is 5.56. The van der Waals surface area contributed by atoms with Crippen LogP contribution in [0, 0.1) is 5.41 Å². The first-order valence-corrected chi connectivity index (χ1v) is 8.64. The fourth-order valence-electron chi connectivity index (χ4n) is 2.25. The number of ether oxygens (including phenoxy) is 1. The number of carbonyl (C=O) groups is 1. The molecule has 6 heteroatoms. The monoisotopic (exact) mass is 291 g/mol. The lowest BCUT2D eigenvalue weighted by Gasteiger charge is -2.14. The number of esters is 1. The first-order chi connectivity index (χ1) is 8.79. The highest BCUT2D eigenvalue weighted by Crippen LogP contribution is 2.50. The van der Waals surface area contributed by atoms with E-state index in [4.69, 9.17) is 5.73 Å². The zero-order chi connectivity index (χ0) is 14.5. The molecule has 0 heterocycles. The maximum Gasteiger partial charge on any atom is 0.306 e. The average molecular weight is 291 g/mol. The van der Waals surface area contributed by atoms with Gasteiger partial charge >= 0.3 is 5.97 Å². The molecule has 1 unspecified atom stereocenters. The Morgan fingerprint density at radius 1 is 1.37 bits per heavy atom. The van der Waals surface area contributed by atoms with Crippen molar-refractivity contribution in [1.82, 2.24) is 0 Å². The summed E-state index contributed by atoms with van der Waals surface area (Å²) in [5, 5.41) is 0. The van der Waals surface area contributed by atoms with Crippen molar-refractivity contribution in [2.75, 3.05) is 18.6 Å². The highest BCUT2D eigenvalue weighted by Gasteiger charge is 2.47. The number of carbonyl (C=O) groups excluding carboxylic acids is 1. The minimum Gasteiger partial charge on any atom is -0.469 e. The van der Waals surface area contributed by atoms with Crippen molar-refractivity contribution in [3.05, 3.63) is 0 Å². The molecule has 0 bridgehead atoms. The van der Waals surface area contributed by atoms with Crippen molar-refractivity contribution in [2.24, 2.45) is 11.1 Å². The Bertz CT molecular complexity index is 399. The molecule has 0 aromatic heterocycles. The number of hydrogen-bond acceptors (Lipinski definition) is 5. The Balaban J connectivity index is 2.36. The molecule has 1 saturated carbocycles. The molecule has 1 aliphatic rings. The molecule has 1 rings (SSSR count). The van der Waals surface area contributed by atoms with Crippen molar-refractivity contribution in [1.29, 1.82) is 0 Å². The van der Waals surface area contributed by atoms with Gasteiger partial charge in [0, 0.05) is 6.04 Å². The molecule has 112 valence electrons. The van der Waals surface area contributed by atoms with E-state index in [1.807, 2.05) is 6.92 Å². The van der Waals surface area contributed by atoms with Crippen molar-refractivity contribution >= 4 is 15.8 Å². The Morgan fingerprint density at radius 3 is 2.47 bits per heavy atom. The minimum absolute atomic E-state index is 0.118. The van der Waals surface area contributed by atoms with Crippen LogP contribution in [-0.2, 0) is 19.4 Å². The molecule has 19 heavy (non-hydrogen) atoms. The maximum atomic E-state index is 12.0. The molecule has 0 radical (unpaired) electrons. The summed E-state index contributed by atoms with van der Waals surface area (Å²) in [6.45, 7) is 1.92. The molecule has 5 nitrogen and oxygen atoms in total. The van der Waals surface area contributed by atoms with E-state index in [1.165, 1.54) is 7.11 Å². The fourth-order valence-corrected chi connectivity index (χ4v) is 4.37. The Hall–Kier alpha value is -0.620. The van der Waals surface area contributed by atoms with Crippen molar-refractivity contribution in [3.63, 3.8) is 0 Å². The predicted octanol–water partition coefficient (Wildman–Crippen LogP) is 1.26. The van der Waals surface area contributed by atoms with Crippen LogP contribution >= 0.6 is 0 Å². The van der Waals surface area contributed by atoms with Gasteiger partial charge in [0.25, 0.3) is 0 Å². The molecule has 0 aromatic rings. The Labute approximate surface area is 115 Å². The van der Waals surface area contributed by atoms with Gasteiger partial charge in [0.1, 0.15) is 0 Å². The second kappa shape index (κ2) is 6.70. The number of sulfone groups is 1. The van der Waals surface area contributed by atoms with E-state index in [2.05, 4.69) is 4.74 Å². The van der Waals surface area contributed by atoms with Crippen LogP contribution in [-0.4, -0.2) is 39.0 Å². The third-order valence-electron chi connectivity index (χ3n) is 3.60. The highest BCUT2D eigenvalue weighted by molar-refractivity contribution is 7.91. The quantitative estimate of drug-likeness (QED) is 0.510. The van der Waals surface area contributed by atoms with Gasteiger partial charge < -0.3 is 10.5 Å². The van der Waals surface area contributed by atoms with E-state index >= 15 is 0 Å². The van der Waals surface area contributed by atoms with Gasteiger partial charge in [0.05, 0.1) is 25.0 Å². The smallest absolute Gasteiger partial charge is 0.306 e. The number of nitrogens with two attached hydrogens (primary N) is 1. The Kier molecular flexibility index (Phi) is 5.80. The van der Waals surface area contributed by atoms with Gasteiger partial charge in [-0.2, -0.15) is 0 Å². The molecule has 0 aliphatic heterocycles. The lowest BCUT2D eigenvalue weighted by Crippen LogP contribution is -2.23. The van der Waals surface area contributed by atoms with Crippen LogP contribution in [0.25, 0.3) is 0 Å². The molecule has 2 N–H and O–H groups in total. The average Bonchev–Trinajstić information content (AvgIpc) is 3.02. The molecule has 1 aliphatic carbocycles. The van der Waals surface area contributed by atoms with E-state index in [0.717, 1.165) is 25.7 Å². The summed E-state index contributed by atoms with van der Waals surface area (Å²) >= 11 is 0. The van der Waals surface area contributed by atoms with Crippen LogP contribution in [0.1, 0.15) is 45.4 Å². The number of unbranched alkanes of at least 4 members (excludes halogenated alkanes) is 1. The van der Waals surface area contributed by atoms with Crippen LogP contribution in [0.15, 0.2) is 0 Å². The standard InChI is InChI=1S/C13H25NO4S/c1-11(14)5-3-4-8-19(16,17)10-13(6-7-13)9-12(15)18-2/h11H,3-10,14H2,1-2H3. The van der Waals surface area contributed by atoms with Crippen LogP contribution in [0.3, 0.4) is 0 Å². The highest BCUT2D eigenvalue weighted by atomic mass is 32.2. The minimum atomic E-state index is -3.08. The molecule has 1 fully saturated rings. The lowest BCUT2D eigenvalue weighted by atomic mass is 10.1. The van der Waals surface area contributed by atoms with Gasteiger partial charge in [-0.05, 0) is 38.0 Å². The first kappa shape index (κ1) is 16.4. The number of rotatable bonds is 9. The summed E-state index contributed by atoms with van der Waals surface area (Å²) in [5.41, 5.74) is 5.28. The normalized spacial score (nSPS) is 18.9. The summed E-state index contributed by atoms with van der Waals surface area (Å²) in [5.74, 6) is 0.000265. The van der Waals surface area contributed by atoms with Crippen molar-refractivity contribution < 1.29 is 17.9 Å². The van der Waals surface area contributed by atoms with Crippen LogP contribution in [0.2, 0.25) is 0 Å². The summed E-state index contributed by atoms with van der Waals surface area (Å²) in [7, 11) is -1.74. The molecule has 0 aromatic carbocycles. The Morgan fingerprint density at radius 2 is 2.00 bits per heavy atom. The van der Waals surface area contributed by atoms with Crippen LogP contribution in [0.5, 0.6) is 0 Å². The summed E-state index contributed by atoms with van der Waals surface area (Å²) in [6.07, 6.45) is 4.17. The van der Waals surface area contributed by atoms with Gasteiger partial charge in [-0.25, -0.2) is 8.42 Å². The largest absolute Gasteiger partial charge is 0.469 e. The number of hydrogen-bond donors (Lipinski definition) is 1.